The molecular weight excluding hydrogens is 418 g/mol. The average Bonchev–Trinajstić information content (AvgIpc) is 3.21. The molecule has 4 rings (SSSR count). The van der Waals surface area contributed by atoms with Crippen LogP contribution in [0.25, 0.3) is 0 Å². The molecule has 33 heavy (non-hydrogen) atoms. The molecule has 0 aliphatic heterocycles. The fourth-order valence-corrected chi connectivity index (χ4v) is 2.98. The third-order valence-electron chi connectivity index (χ3n) is 4.65. The number of aryl methyl sites for hydroxylation is 3. The van der Waals surface area contributed by atoms with E-state index in [-0.39, 0.29) is 6.03 Å². The lowest BCUT2D eigenvalue weighted by molar-refractivity contribution is 0.262. The van der Waals surface area contributed by atoms with Crippen molar-refractivity contribution >= 4 is 40.8 Å². The summed E-state index contributed by atoms with van der Waals surface area (Å²) in [6.07, 6.45) is 0.657. The van der Waals surface area contributed by atoms with Crippen molar-refractivity contribution in [1.82, 2.24) is 25.1 Å². The first-order chi connectivity index (χ1) is 16.0. The molecule has 0 spiro atoms. The predicted octanol–water partition coefficient (Wildman–Crippen LogP) is 4.91. The highest BCUT2D eigenvalue weighted by Gasteiger charge is 2.09. The molecule has 0 fully saturated rings. The van der Waals surface area contributed by atoms with Gasteiger partial charge in [0.15, 0.2) is 5.82 Å². The van der Waals surface area contributed by atoms with Crippen molar-refractivity contribution in [3.05, 3.63) is 71.7 Å². The second-order valence-corrected chi connectivity index (χ2v) is 7.46. The fourth-order valence-electron chi connectivity index (χ4n) is 2.98. The molecule has 0 bridgehead atoms. The topological polar surface area (TPSA) is 133 Å². The molecule has 0 saturated heterocycles. The quantitative estimate of drug-likeness (QED) is 0.274. The maximum absolute atomic E-state index is 12.2. The Morgan fingerprint density at radius 3 is 1.97 bits per heavy atom. The first-order valence-corrected chi connectivity index (χ1v) is 10.5. The minimum atomic E-state index is -0.311. The van der Waals surface area contributed by atoms with Gasteiger partial charge in [-0.15, -0.1) is 0 Å². The van der Waals surface area contributed by atoms with E-state index in [4.69, 9.17) is 0 Å². The lowest BCUT2D eigenvalue weighted by atomic mass is 10.2. The Morgan fingerprint density at radius 2 is 1.39 bits per heavy atom. The van der Waals surface area contributed by atoms with Crippen LogP contribution in [0.3, 0.4) is 0 Å². The lowest BCUT2D eigenvalue weighted by Gasteiger charge is -2.10. The number of urea groups is 1. The molecule has 0 saturated carbocycles. The summed E-state index contributed by atoms with van der Waals surface area (Å²) in [5.74, 6) is 2.09. The van der Waals surface area contributed by atoms with Crippen LogP contribution in [-0.2, 0) is 6.42 Å². The summed E-state index contributed by atoms with van der Waals surface area (Å²) in [4.78, 5) is 25.5. The Kier molecular flexibility index (Phi) is 6.44. The van der Waals surface area contributed by atoms with Gasteiger partial charge < -0.3 is 21.3 Å². The van der Waals surface area contributed by atoms with Gasteiger partial charge in [-0.3, -0.25) is 5.10 Å². The molecule has 0 unspecified atom stereocenters. The monoisotopic (exact) mass is 443 g/mol. The number of nitrogens with one attached hydrogen (secondary N) is 5. The van der Waals surface area contributed by atoms with E-state index in [9.17, 15) is 4.79 Å². The van der Waals surface area contributed by atoms with Crippen LogP contribution in [0.5, 0.6) is 0 Å². The van der Waals surface area contributed by atoms with Gasteiger partial charge in [0.1, 0.15) is 5.82 Å². The minimum absolute atomic E-state index is 0.311. The lowest BCUT2D eigenvalue weighted by Crippen LogP contribution is -2.19. The number of hydrogen-bond donors (Lipinski definition) is 5. The molecule has 0 atom stereocenters. The zero-order valence-corrected chi connectivity index (χ0v) is 18.6. The van der Waals surface area contributed by atoms with Crippen molar-refractivity contribution in [2.75, 3.05) is 21.3 Å². The molecule has 2 aromatic carbocycles. The molecule has 4 aromatic rings. The van der Waals surface area contributed by atoms with Crippen molar-refractivity contribution in [3.8, 4) is 0 Å². The number of anilines is 6. The number of rotatable bonds is 7. The zero-order chi connectivity index (χ0) is 23.2. The van der Waals surface area contributed by atoms with E-state index in [0.29, 0.717) is 35.6 Å². The second kappa shape index (κ2) is 9.77. The van der Waals surface area contributed by atoms with E-state index in [1.54, 1.807) is 12.1 Å². The number of aromatic amines is 1. The van der Waals surface area contributed by atoms with Gasteiger partial charge in [-0.2, -0.15) is 20.1 Å². The smallest absolute Gasteiger partial charge is 0.323 e. The van der Waals surface area contributed by atoms with Gasteiger partial charge in [0.05, 0.1) is 0 Å². The van der Waals surface area contributed by atoms with Crippen LogP contribution in [0.4, 0.5) is 39.6 Å². The number of carbonyl (C=O) groups is 1. The predicted molar refractivity (Wildman–Crippen MR) is 129 cm³/mol. The van der Waals surface area contributed by atoms with Crippen molar-refractivity contribution in [2.45, 2.75) is 27.2 Å². The number of nitrogens with zero attached hydrogens (tertiary/aromatic N) is 4. The van der Waals surface area contributed by atoms with Crippen LogP contribution in [0.15, 0.2) is 54.6 Å². The summed E-state index contributed by atoms with van der Waals surface area (Å²) in [6, 6.07) is 16.4. The van der Waals surface area contributed by atoms with Crippen LogP contribution >= 0.6 is 0 Å². The van der Waals surface area contributed by atoms with Crippen LogP contribution in [-0.4, -0.2) is 31.2 Å². The molecule has 168 valence electrons. The summed E-state index contributed by atoms with van der Waals surface area (Å²) < 4.78 is 0. The SMILES string of the molecule is CCc1nc(Nc2ccc(NC(=O)Nc3ccc(C)cc3)cc2)nc(Nc2cc(C)[nH]n2)n1. The zero-order valence-electron chi connectivity index (χ0n) is 18.6. The molecule has 10 nitrogen and oxygen atoms in total. The van der Waals surface area contributed by atoms with Crippen LogP contribution in [0.2, 0.25) is 0 Å². The Bertz CT molecular complexity index is 1230. The minimum Gasteiger partial charge on any atom is -0.324 e. The molecule has 10 heteroatoms. The maximum atomic E-state index is 12.2. The molecule has 5 N–H and O–H groups in total. The average molecular weight is 444 g/mol. The van der Waals surface area contributed by atoms with E-state index >= 15 is 0 Å². The van der Waals surface area contributed by atoms with E-state index in [1.807, 2.05) is 63.2 Å². The van der Waals surface area contributed by atoms with Crippen LogP contribution in [0, 0.1) is 13.8 Å². The van der Waals surface area contributed by atoms with E-state index in [0.717, 1.165) is 22.6 Å². The molecule has 2 amide bonds. The van der Waals surface area contributed by atoms with Gasteiger partial charge in [0.2, 0.25) is 11.9 Å². The summed E-state index contributed by atoms with van der Waals surface area (Å²) in [5.41, 5.74) is 4.22. The summed E-state index contributed by atoms with van der Waals surface area (Å²) in [5, 5.41) is 18.9. The van der Waals surface area contributed by atoms with Gasteiger partial charge in [-0.1, -0.05) is 24.6 Å². The van der Waals surface area contributed by atoms with E-state index in [2.05, 4.69) is 46.4 Å². The number of H-pyrrole nitrogens is 1. The highest BCUT2D eigenvalue weighted by atomic mass is 16.2. The fraction of sp³-hybridized carbons (Fsp3) is 0.174. The van der Waals surface area contributed by atoms with Gasteiger partial charge in [0, 0.05) is 35.2 Å². The van der Waals surface area contributed by atoms with Gasteiger partial charge in [-0.25, -0.2) is 4.79 Å². The summed E-state index contributed by atoms with van der Waals surface area (Å²) >= 11 is 0. The van der Waals surface area contributed by atoms with Crippen LogP contribution in [0.1, 0.15) is 24.0 Å². The van der Waals surface area contributed by atoms with E-state index in [1.165, 1.54) is 0 Å². The molecule has 2 heterocycles. The number of carbonyl (C=O) groups excluding carboxylic acids is 1. The van der Waals surface area contributed by atoms with Crippen LogP contribution < -0.4 is 21.3 Å². The van der Waals surface area contributed by atoms with Crippen molar-refractivity contribution in [2.24, 2.45) is 0 Å². The third-order valence-corrected chi connectivity index (χ3v) is 4.65. The molecule has 0 aliphatic carbocycles. The first-order valence-electron chi connectivity index (χ1n) is 10.5. The Balaban J connectivity index is 1.40. The standard InChI is InChI=1S/C23H25N9O/c1-4-19-27-21(30-22(28-19)29-20-13-15(3)31-32-20)24-16-9-11-18(12-10-16)26-23(33)25-17-7-5-14(2)6-8-17/h5-13H,4H2,1-3H3,(H2,25,26,33)(H3,24,27,28,29,30,31,32). The maximum Gasteiger partial charge on any atom is 0.323 e. The molecular formula is C23H25N9O. The molecule has 0 radical (unpaired) electrons. The first kappa shape index (κ1) is 21.8. The number of aromatic nitrogens is 5. The highest BCUT2D eigenvalue weighted by Crippen LogP contribution is 2.19. The van der Waals surface area contributed by atoms with Crippen molar-refractivity contribution in [3.63, 3.8) is 0 Å². The van der Waals surface area contributed by atoms with Gasteiger partial charge in [-0.05, 0) is 50.2 Å². The second-order valence-electron chi connectivity index (χ2n) is 7.46. The Morgan fingerprint density at radius 1 is 0.818 bits per heavy atom. The largest absolute Gasteiger partial charge is 0.324 e. The Hall–Kier alpha value is -4.47. The molecule has 2 aromatic heterocycles. The number of benzene rings is 2. The summed E-state index contributed by atoms with van der Waals surface area (Å²) in [6.45, 7) is 5.89. The third kappa shape index (κ3) is 6.03. The van der Waals surface area contributed by atoms with Gasteiger partial charge in [0.25, 0.3) is 0 Å². The number of hydrogen-bond acceptors (Lipinski definition) is 7. The Labute approximate surface area is 191 Å². The van der Waals surface area contributed by atoms with Gasteiger partial charge >= 0.3 is 6.03 Å². The van der Waals surface area contributed by atoms with Crippen molar-refractivity contribution in [1.29, 1.82) is 0 Å². The highest BCUT2D eigenvalue weighted by molar-refractivity contribution is 5.99. The normalized spacial score (nSPS) is 10.5. The molecule has 0 aliphatic rings. The van der Waals surface area contributed by atoms with E-state index < -0.39 is 0 Å². The van der Waals surface area contributed by atoms with Crippen molar-refractivity contribution < 1.29 is 4.79 Å². The summed E-state index contributed by atoms with van der Waals surface area (Å²) in [7, 11) is 0. The number of amides is 2.